The molecule has 6 heteroatoms. The van der Waals surface area contributed by atoms with Crippen molar-refractivity contribution in [3.05, 3.63) is 60.2 Å². The van der Waals surface area contributed by atoms with Gasteiger partial charge in [0, 0.05) is 36.1 Å². The first-order valence-corrected chi connectivity index (χ1v) is 8.66. The van der Waals surface area contributed by atoms with Crippen molar-refractivity contribution in [2.45, 2.75) is 6.54 Å². The van der Waals surface area contributed by atoms with E-state index in [4.69, 9.17) is 0 Å². The molecule has 1 aliphatic rings. The summed E-state index contributed by atoms with van der Waals surface area (Å²) in [6.45, 7) is 3.00. The van der Waals surface area contributed by atoms with Crippen LogP contribution in [0.3, 0.4) is 0 Å². The van der Waals surface area contributed by atoms with Gasteiger partial charge in [0.2, 0.25) is 0 Å². The molecular formula is C20H23IN4O. The largest absolute Gasteiger partial charge is 0.395 e. The maximum atomic E-state index is 9.49. The Balaban J connectivity index is 0.00000196. The van der Waals surface area contributed by atoms with Crippen LogP contribution in [0.25, 0.3) is 22.2 Å². The minimum atomic E-state index is 0. The average Bonchev–Trinajstić information content (AvgIpc) is 3.30. The summed E-state index contributed by atoms with van der Waals surface area (Å²) in [7, 11) is 0. The Morgan fingerprint density at radius 3 is 2.54 bits per heavy atom. The van der Waals surface area contributed by atoms with Crippen LogP contribution in [-0.2, 0) is 6.54 Å². The molecule has 26 heavy (non-hydrogen) atoms. The molecule has 5 nitrogen and oxygen atoms in total. The molecule has 0 unspecified atom stereocenters. The van der Waals surface area contributed by atoms with Crippen LogP contribution in [0.5, 0.6) is 0 Å². The van der Waals surface area contributed by atoms with Crippen molar-refractivity contribution in [3.63, 3.8) is 0 Å². The van der Waals surface area contributed by atoms with Gasteiger partial charge in [-0.2, -0.15) is 0 Å². The molecule has 2 heterocycles. The summed E-state index contributed by atoms with van der Waals surface area (Å²) in [5.41, 5.74) is 4.65. The van der Waals surface area contributed by atoms with E-state index in [-0.39, 0.29) is 30.6 Å². The fourth-order valence-electron chi connectivity index (χ4n) is 3.38. The number of H-pyrrole nitrogens is 1. The zero-order valence-electron chi connectivity index (χ0n) is 14.5. The number of aliphatic hydroxyl groups excluding tert-OH is 1. The van der Waals surface area contributed by atoms with Gasteiger partial charge >= 0.3 is 0 Å². The van der Waals surface area contributed by atoms with E-state index in [1.165, 1.54) is 16.5 Å². The molecule has 3 N–H and O–H groups in total. The smallest absolute Gasteiger partial charge is 0.194 e. The molecule has 0 amide bonds. The van der Waals surface area contributed by atoms with Gasteiger partial charge in [0.1, 0.15) is 0 Å². The highest BCUT2D eigenvalue weighted by Gasteiger charge is 2.19. The predicted molar refractivity (Wildman–Crippen MR) is 117 cm³/mol. The summed E-state index contributed by atoms with van der Waals surface area (Å²) in [4.78, 5) is 10.2. The van der Waals surface area contributed by atoms with Crippen molar-refractivity contribution in [3.8, 4) is 11.3 Å². The molecule has 0 saturated carbocycles. The lowest BCUT2D eigenvalue weighted by atomic mass is 10.0. The van der Waals surface area contributed by atoms with Gasteiger partial charge in [-0.3, -0.25) is 4.99 Å². The fraction of sp³-hybridized carbons (Fsp3) is 0.250. The minimum absolute atomic E-state index is 0. The maximum Gasteiger partial charge on any atom is 0.194 e. The Hall–Kier alpha value is -2.06. The lowest BCUT2D eigenvalue weighted by Gasteiger charge is -2.24. The van der Waals surface area contributed by atoms with E-state index in [0.717, 1.165) is 30.3 Å². The number of aliphatic imine (C=N–C) groups is 1. The first-order chi connectivity index (χ1) is 12.4. The number of hydrogen-bond acceptors (Lipinski definition) is 4. The van der Waals surface area contributed by atoms with E-state index in [0.29, 0.717) is 13.1 Å². The number of guanidine groups is 1. The molecule has 0 atom stereocenters. The molecule has 0 aliphatic carbocycles. The van der Waals surface area contributed by atoms with Gasteiger partial charge in [0.25, 0.3) is 0 Å². The van der Waals surface area contributed by atoms with Gasteiger partial charge in [-0.1, -0.05) is 48.5 Å². The van der Waals surface area contributed by atoms with E-state index < -0.39 is 0 Å². The van der Waals surface area contributed by atoms with Crippen molar-refractivity contribution in [1.29, 1.82) is 0 Å². The van der Waals surface area contributed by atoms with E-state index in [1.54, 1.807) is 0 Å². The van der Waals surface area contributed by atoms with E-state index >= 15 is 0 Å². The molecule has 4 rings (SSSR count). The quantitative estimate of drug-likeness (QED) is 0.511. The number of nitrogens with one attached hydrogen (secondary N) is 2. The Morgan fingerprint density at radius 1 is 1.04 bits per heavy atom. The van der Waals surface area contributed by atoms with E-state index in [1.807, 2.05) is 12.1 Å². The monoisotopic (exact) mass is 462 g/mol. The number of rotatable bonds is 5. The number of halogens is 1. The lowest BCUT2D eigenvalue weighted by molar-refractivity contribution is 0.244. The second kappa shape index (κ2) is 8.55. The normalized spacial score (nSPS) is 13.2. The Labute approximate surface area is 170 Å². The number of aromatic nitrogens is 1. The van der Waals surface area contributed by atoms with Gasteiger partial charge in [-0.15, -0.1) is 24.0 Å². The molecular weight excluding hydrogens is 439 g/mol. The van der Waals surface area contributed by atoms with Crippen molar-refractivity contribution in [1.82, 2.24) is 15.2 Å². The van der Waals surface area contributed by atoms with Crippen LogP contribution in [0.4, 0.5) is 0 Å². The summed E-state index contributed by atoms with van der Waals surface area (Å²) in [6, 6.07) is 18.7. The van der Waals surface area contributed by atoms with Crippen LogP contribution >= 0.6 is 24.0 Å². The van der Waals surface area contributed by atoms with Gasteiger partial charge in [-0.25, -0.2) is 0 Å². The van der Waals surface area contributed by atoms with Crippen molar-refractivity contribution in [2.75, 3.05) is 26.2 Å². The number of aliphatic hydroxyl groups is 1. The lowest BCUT2D eigenvalue weighted by Crippen LogP contribution is -2.40. The topological polar surface area (TPSA) is 63.6 Å². The standard InChI is InChI=1S/C20H22N4O.HI/c25-13-12-24(20-21-10-11-22-20)14-17-16-8-4-5-9-18(16)23-19(17)15-6-2-1-3-7-15;/h1-9,23,25H,10-14H2,(H,21,22);1H. The molecule has 0 radical (unpaired) electrons. The zero-order chi connectivity index (χ0) is 17.1. The maximum absolute atomic E-state index is 9.49. The Kier molecular flexibility index (Phi) is 6.16. The molecule has 0 spiro atoms. The zero-order valence-corrected chi connectivity index (χ0v) is 16.8. The molecule has 1 aliphatic heterocycles. The summed E-state index contributed by atoms with van der Waals surface area (Å²) in [5.74, 6) is 0.873. The summed E-state index contributed by atoms with van der Waals surface area (Å²) < 4.78 is 0. The molecule has 0 bridgehead atoms. The van der Waals surface area contributed by atoms with Crippen molar-refractivity contribution >= 4 is 40.8 Å². The second-order valence-electron chi connectivity index (χ2n) is 6.17. The van der Waals surface area contributed by atoms with Gasteiger partial charge in [0.05, 0.1) is 18.8 Å². The number of hydrogen-bond donors (Lipinski definition) is 3. The molecule has 1 aromatic heterocycles. The molecule has 0 saturated heterocycles. The van der Waals surface area contributed by atoms with Gasteiger partial charge < -0.3 is 20.3 Å². The minimum Gasteiger partial charge on any atom is -0.395 e. The third-order valence-corrected chi connectivity index (χ3v) is 4.55. The fourth-order valence-corrected chi connectivity index (χ4v) is 3.38. The molecule has 2 aromatic carbocycles. The first-order valence-electron chi connectivity index (χ1n) is 8.66. The molecule has 136 valence electrons. The van der Waals surface area contributed by atoms with E-state index in [2.05, 4.69) is 62.7 Å². The van der Waals surface area contributed by atoms with Gasteiger partial charge in [0.15, 0.2) is 5.96 Å². The predicted octanol–water partition coefficient (Wildman–Crippen LogP) is 3.21. The highest BCUT2D eigenvalue weighted by atomic mass is 127. The Bertz CT molecular complexity index is 891. The average molecular weight is 462 g/mol. The highest BCUT2D eigenvalue weighted by Crippen LogP contribution is 2.31. The number of para-hydroxylation sites is 1. The number of aromatic amines is 1. The van der Waals surface area contributed by atoms with Crippen LogP contribution < -0.4 is 5.32 Å². The van der Waals surface area contributed by atoms with E-state index in [9.17, 15) is 5.11 Å². The third kappa shape index (κ3) is 3.71. The SMILES string of the molecule is I.OCCN(Cc1c(-c2ccccc2)[nH]c2ccccc12)C1=NCCN1. The summed E-state index contributed by atoms with van der Waals surface area (Å²) >= 11 is 0. The van der Waals surface area contributed by atoms with Crippen LogP contribution in [0, 0.1) is 0 Å². The number of nitrogens with zero attached hydrogens (tertiary/aromatic N) is 2. The number of fused-ring (bicyclic) bond motifs is 1. The highest BCUT2D eigenvalue weighted by molar-refractivity contribution is 14.0. The van der Waals surface area contributed by atoms with Crippen LogP contribution in [0.1, 0.15) is 5.56 Å². The number of benzene rings is 2. The van der Waals surface area contributed by atoms with Crippen LogP contribution in [-0.4, -0.2) is 47.2 Å². The molecule has 0 fully saturated rings. The van der Waals surface area contributed by atoms with Crippen molar-refractivity contribution < 1.29 is 5.11 Å². The van der Waals surface area contributed by atoms with Crippen LogP contribution in [0.2, 0.25) is 0 Å². The van der Waals surface area contributed by atoms with Gasteiger partial charge in [-0.05, 0) is 11.6 Å². The Morgan fingerprint density at radius 2 is 1.81 bits per heavy atom. The summed E-state index contributed by atoms with van der Waals surface area (Å²) in [6.07, 6.45) is 0. The summed E-state index contributed by atoms with van der Waals surface area (Å²) in [5, 5.41) is 14.0. The third-order valence-electron chi connectivity index (χ3n) is 4.55. The second-order valence-corrected chi connectivity index (χ2v) is 6.17. The van der Waals surface area contributed by atoms with Crippen molar-refractivity contribution in [2.24, 2.45) is 4.99 Å². The molecule has 3 aromatic rings. The first kappa shape index (κ1) is 18.7. The van der Waals surface area contributed by atoms with Crippen LogP contribution in [0.15, 0.2) is 59.6 Å².